The van der Waals surface area contributed by atoms with Crippen LogP contribution in [0, 0.1) is 23.1 Å². The molecule has 1 aliphatic heterocycles. The zero-order valence-corrected chi connectivity index (χ0v) is 26.6. The number of halogens is 4. The number of nitrogens with one attached hydrogen (secondary N) is 1. The number of carbonyl (C=O) groups is 2. The summed E-state index contributed by atoms with van der Waals surface area (Å²) >= 11 is 0. The number of benzene rings is 4. The van der Waals surface area contributed by atoms with Crippen LogP contribution >= 0.6 is 0 Å². The molecule has 1 fully saturated rings. The van der Waals surface area contributed by atoms with E-state index >= 15 is 0 Å². The Morgan fingerprint density at radius 2 is 1.57 bits per heavy atom. The molecule has 0 radical (unpaired) electrons. The first-order valence-electron chi connectivity index (χ1n) is 15.0. The summed E-state index contributed by atoms with van der Waals surface area (Å²) in [6.45, 7) is -0.204. The van der Waals surface area contributed by atoms with E-state index in [0.29, 0.717) is 22.8 Å². The van der Waals surface area contributed by atoms with Crippen LogP contribution in [0.1, 0.15) is 39.9 Å². The molecule has 14 heteroatoms. The molecule has 5 rings (SSSR count). The summed E-state index contributed by atoms with van der Waals surface area (Å²) in [6.07, 6.45) is -5.19. The molecular weight excluding hydrogens is 664 g/mol. The van der Waals surface area contributed by atoms with Gasteiger partial charge in [0, 0.05) is 30.8 Å². The van der Waals surface area contributed by atoms with Crippen molar-refractivity contribution in [2.45, 2.75) is 35.9 Å². The summed E-state index contributed by atoms with van der Waals surface area (Å²) in [6, 6.07) is 21.7. The van der Waals surface area contributed by atoms with Crippen LogP contribution in [-0.2, 0) is 27.4 Å². The first-order valence-corrected chi connectivity index (χ1v) is 16.5. The number of aliphatic hydroxyl groups is 1. The number of anilines is 1. The average Bonchev–Trinajstić information content (AvgIpc) is 3.08. The predicted molar refractivity (Wildman–Crippen MR) is 172 cm³/mol. The van der Waals surface area contributed by atoms with E-state index in [-0.39, 0.29) is 48.5 Å². The molecule has 9 nitrogen and oxygen atoms in total. The van der Waals surface area contributed by atoms with E-state index in [1.54, 1.807) is 48.5 Å². The highest BCUT2D eigenvalue weighted by Crippen LogP contribution is 2.37. The Labute approximate surface area is 279 Å². The molecule has 4 aromatic rings. The molecule has 0 saturated carbocycles. The highest BCUT2D eigenvalue weighted by Gasteiger charge is 2.46. The number of carbonyl (C=O) groups excluding carboxylic acids is 2. The van der Waals surface area contributed by atoms with Crippen LogP contribution in [0.25, 0.3) is 11.1 Å². The monoisotopic (exact) mass is 694 g/mol. The zero-order valence-electron chi connectivity index (χ0n) is 25.7. The molecule has 1 atom stereocenters. The second-order valence-corrected chi connectivity index (χ2v) is 13.6. The first kappa shape index (κ1) is 35.2. The number of alkyl halides is 3. The lowest BCUT2D eigenvalue weighted by atomic mass is 9.76. The van der Waals surface area contributed by atoms with Gasteiger partial charge in [-0.15, -0.1) is 0 Å². The third kappa shape index (κ3) is 7.64. The van der Waals surface area contributed by atoms with Gasteiger partial charge in [0.2, 0.25) is 15.9 Å². The molecule has 49 heavy (non-hydrogen) atoms. The Morgan fingerprint density at radius 3 is 2.18 bits per heavy atom. The lowest BCUT2D eigenvalue weighted by Gasteiger charge is -2.40. The maximum atomic E-state index is 13.9. The fraction of sp³-hybridized carbons (Fsp3) is 0.229. The number of nitrogens with zero attached hydrogens (tertiary/aromatic N) is 2. The highest BCUT2D eigenvalue weighted by molar-refractivity contribution is 7.89. The van der Waals surface area contributed by atoms with E-state index < -0.39 is 56.5 Å². The Bertz CT molecular complexity index is 2040. The van der Waals surface area contributed by atoms with Crippen molar-refractivity contribution < 1.29 is 40.7 Å². The maximum Gasteiger partial charge on any atom is 0.417 e. The number of primary amides is 1. The highest BCUT2D eigenvalue weighted by atomic mass is 32.2. The molecule has 0 aliphatic carbocycles. The van der Waals surface area contributed by atoms with Crippen molar-refractivity contribution in [1.82, 2.24) is 4.31 Å². The zero-order chi connectivity index (χ0) is 35.6. The van der Waals surface area contributed by atoms with Crippen molar-refractivity contribution in [3.05, 3.63) is 119 Å². The Hall–Kier alpha value is -5.10. The molecule has 254 valence electrons. The fourth-order valence-corrected chi connectivity index (χ4v) is 7.43. The van der Waals surface area contributed by atoms with Gasteiger partial charge >= 0.3 is 6.18 Å². The van der Waals surface area contributed by atoms with Crippen LogP contribution in [0.15, 0.2) is 95.9 Å². The van der Waals surface area contributed by atoms with Gasteiger partial charge < -0.3 is 16.2 Å². The lowest BCUT2D eigenvalue weighted by Crippen LogP contribution is -2.54. The van der Waals surface area contributed by atoms with Crippen LogP contribution in [0.3, 0.4) is 0 Å². The predicted octanol–water partition coefficient (Wildman–Crippen LogP) is 5.50. The van der Waals surface area contributed by atoms with Gasteiger partial charge in [0.25, 0.3) is 5.91 Å². The van der Waals surface area contributed by atoms with E-state index in [1.807, 2.05) is 0 Å². The maximum absolute atomic E-state index is 13.9. The summed E-state index contributed by atoms with van der Waals surface area (Å²) in [5.74, 6) is -3.11. The van der Waals surface area contributed by atoms with Gasteiger partial charge in [-0.2, -0.15) is 22.7 Å². The number of hydrogen-bond donors (Lipinski definition) is 3. The quantitative estimate of drug-likeness (QED) is 0.197. The minimum atomic E-state index is -4.89. The van der Waals surface area contributed by atoms with Crippen molar-refractivity contribution >= 4 is 27.5 Å². The van der Waals surface area contributed by atoms with Crippen molar-refractivity contribution in [3.8, 4) is 17.2 Å². The average molecular weight is 695 g/mol. The van der Waals surface area contributed by atoms with Crippen LogP contribution in [0.4, 0.5) is 23.2 Å². The molecule has 1 aliphatic rings. The molecule has 0 aromatic heterocycles. The van der Waals surface area contributed by atoms with Crippen LogP contribution in [0.5, 0.6) is 0 Å². The summed E-state index contributed by atoms with van der Waals surface area (Å²) in [4.78, 5) is 25.5. The van der Waals surface area contributed by atoms with Gasteiger partial charge in [-0.25, -0.2) is 12.8 Å². The van der Waals surface area contributed by atoms with Gasteiger partial charge in [0.05, 0.1) is 22.1 Å². The standard InChI is InChI=1S/C35H30F4N4O5S/c36-28-8-11-30(12-9-28)49(47,48)43-15-13-27(14-16-43)34(46,33(45)42-29-10-7-26(21-40)31(19-29)35(37,38)39)20-22-3-1-4-23(17-22)24-5-2-6-25(18-24)32(41)44/h1-12,17-19,27,46H,13-16,20H2,(H2,41,44)(H,42,45). The van der Waals surface area contributed by atoms with E-state index in [4.69, 9.17) is 11.0 Å². The third-order valence-corrected chi connectivity index (χ3v) is 10.5. The van der Waals surface area contributed by atoms with Crippen molar-refractivity contribution in [1.29, 1.82) is 5.26 Å². The summed E-state index contributed by atoms with van der Waals surface area (Å²) in [5, 5.41) is 23.8. The molecule has 0 bridgehead atoms. The van der Waals surface area contributed by atoms with Gasteiger partial charge in [-0.3, -0.25) is 9.59 Å². The van der Waals surface area contributed by atoms with Gasteiger partial charge in [-0.05, 0) is 90.0 Å². The number of piperidine rings is 1. The molecule has 1 unspecified atom stereocenters. The normalized spacial score (nSPS) is 15.6. The topological polar surface area (TPSA) is 154 Å². The summed E-state index contributed by atoms with van der Waals surface area (Å²) in [5.41, 5.74) is 2.96. The van der Waals surface area contributed by atoms with Crippen LogP contribution in [-0.4, -0.2) is 48.3 Å². The van der Waals surface area contributed by atoms with Crippen LogP contribution in [0.2, 0.25) is 0 Å². The van der Waals surface area contributed by atoms with E-state index in [9.17, 15) is 40.7 Å². The lowest BCUT2D eigenvalue weighted by molar-refractivity contribution is -0.142. The van der Waals surface area contributed by atoms with Gasteiger partial charge in [0.1, 0.15) is 11.4 Å². The molecule has 0 spiro atoms. The summed E-state index contributed by atoms with van der Waals surface area (Å²) < 4.78 is 82.1. The second-order valence-electron chi connectivity index (χ2n) is 11.7. The number of amides is 2. The molecule has 2 amide bonds. The molecule has 1 saturated heterocycles. The minimum absolute atomic E-state index is 0.00582. The molecule has 4 aromatic carbocycles. The van der Waals surface area contributed by atoms with Crippen molar-refractivity contribution in [2.75, 3.05) is 18.4 Å². The number of nitrogens with two attached hydrogens (primary N) is 1. The number of hydrogen-bond acceptors (Lipinski definition) is 6. The van der Waals surface area contributed by atoms with Crippen molar-refractivity contribution in [2.24, 2.45) is 11.7 Å². The van der Waals surface area contributed by atoms with Crippen molar-refractivity contribution in [3.63, 3.8) is 0 Å². The minimum Gasteiger partial charge on any atom is -0.379 e. The molecular formula is C35H30F4N4O5S. The van der Waals surface area contributed by atoms with E-state index in [0.717, 1.165) is 40.7 Å². The Balaban J connectivity index is 1.47. The third-order valence-electron chi connectivity index (χ3n) is 8.56. The second kappa shape index (κ2) is 13.8. The van der Waals surface area contributed by atoms with E-state index in [1.165, 1.54) is 6.07 Å². The largest absolute Gasteiger partial charge is 0.417 e. The molecule has 4 N–H and O–H groups in total. The SMILES string of the molecule is N#Cc1ccc(NC(=O)C(O)(Cc2cccc(-c3cccc(C(N)=O)c3)c2)C2CCN(S(=O)(=O)c3ccc(F)cc3)CC2)cc1C(F)(F)F. The number of rotatable bonds is 9. The number of nitriles is 1. The van der Waals surface area contributed by atoms with Gasteiger partial charge in [-0.1, -0.05) is 36.4 Å². The first-order chi connectivity index (χ1) is 23.1. The Kier molecular flexibility index (Phi) is 9.91. The Morgan fingerprint density at radius 1 is 0.939 bits per heavy atom. The van der Waals surface area contributed by atoms with Gasteiger partial charge in [0.15, 0.2) is 0 Å². The molecule has 1 heterocycles. The van der Waals surface area contributed by atoms with Crippen LogP contribution < -0.4 is 11.1 Å². The van der Waals surface area contributed by atoms with E-state index in [2.05, 4.69) is 5.32 Å². The fourth-order valence-electron chi connectivity index (χ4n) is 5.96. The number of sulfonamides is 1. The summed E-state index contributed by atoms with van der Waals surface area (Å²) in [7, 11) is -4.03. The smallest absolute Gasteiger partial charge is 0.379 e.